The van der Waals surface area contributed by atoms with Crippen LogP contribution in [0.15, 0.2) is 0 Å². The predicted molar refractivity (Wildman–Crippen MR) is 50.1 cm³/mol. The van der Waals surface area contributed by atoms with Crippen molar-refractivity contribution in [3.63, 3.8) is 0 Å². The first-order valence-corrected chi connectivity index (χ1v) is 4.91. The van der Waals surface area contributed by atoms with Gasteiger partial charge in [-0.2, -0.15) is 0 Å². The van der Waals surface area contributed by atoms with E-state index in [2.05, 4.69) is 10.3 Å². The molecule has 0 unspecified atom stereocenters. The molecule has 4 nitrogen and oxygen atoms in total. The molecule has 0 aliphatic heterocycles. The molecule has 0 radical (unpaired) electrons. The van der Waals surface area contributed by atoms with E-state index in [9.17, 15) is 0 Å². The summed E-state index contributed by atoms with van der Waals surface area (Å²) in [6.45, 7) is 0.551. The summed E-state index contributed by atoms with van der Waals surface area (Å²) in [6, 6.07) is 0. The van der Waals surface area contributed by atoms with E-state index in [1.165, 1.54) is 25.7 Å². The van der Waals surface area contributed by atoms with Crippen LogP contribution in [-0.2, 0) is 13.6 Å². The van der Waals surface area contributed by atoms with Crippen molar-refractivity contribution in [2.24, 2.45) is 12.8 Å². The van der Waals surface area contributed by atoms with E-state index in [1.807, 2.05) is 7.05 Å². The molecule has 1 aliphatic carbocycles. The molecule has 0 bridgehead atoms. The Morgan fingerprint density at radius 1 is 1.46 bits per heavy atom. The van der Waals surface area contributed by atoms with Crippen LogP contribution < -0.4 is 5.73 Å². The van der Waals surface area contributed by atoms with E-state index >= 15 is 0 Å². The molecule has 2 N–H and O–H groups in total. The Morgan fingerprint density at radius 3 is 2.77 bits per heavy atom. The van der Waals surface area contributed by atoms with Gasteiger partial charge in [0.1, 0.15) is 0 Å². The minimum absolute atomic E-state index is 0.551. The van der Waals surface area contributed by atoms with Gasteiger partial charge in [0.15, 0.2) is 0 Å². The van der Waals surface area contributed by atoms with Crippen molar-refractivity contribution in [3.05, 3.63) is 11.4 Å². The highest BCUT2D eigenvalue weighted by Crippen LogP contribution is 2.34. The van der Waals surface area contributed by atoms with Crippen molar-refractivity contribution < 1.29 is 0 Å². The van der Waals surface area contributed by atoms with E-state index in [4.69, 9.17) is 5.73 Å². The van der Waals surface area contributed by atoms with E-state index in [0.717, 1.165) is 11.4 Å². The number of nitrogens with two attached hydrogens (primary N) is 1. The fourth-order valence-electron chi connectivity index (χ4n) is 2.15. The maximum Gasteiger partial charge on any atom is 0.0903 e. The summed E-state index contributed by atoms with van der Waals surface area (Å²) in [4.78, 5) is 0. The van der Waals surface area contributed by atoms with Crippen LogP contribution >= 0.6 is 0 Å². The molecular weight excluding hydrogens is 164 g/mol. The molecular formula is C9H16N4. The summed E-state index contributed by atoms with van der Waals surface area (Å²) in [6.07, 6.45) is 5.16. The van der Waals surface area contributed by atoms with Crippen molar-refractivity contribution in [3.8, 4) is 0 Å². The summed E-state index contributed by atoms with van der Waals surface area (Å²) >= 11 is 0. The van der Waals surface area contributed by atoms with Crippen LogP contribution in [0, 0.1) is 0 Å². The third-order valence-electron chi connectivity index (χ3n) is 2.91. The molecule has 0 atom stereocenters. The van der Waals surface area contributed by atoms with Crippen molar-refractivity contribution in [1.82, 2.24) is 15.0 Å². The number of nitrogens with zero attached hydrogens (tertiary/aromatic N) is 3. The average Bonchev–Trinajstić information content (AvgIpc) is 2.71. The van der Waals surface area contributed by atoms with Gasteiger partial charge in [0.2, 0.25) is 0 Å². The van der Waals surface area contributed by atoms with Crippen molar-refractivity contribution >= 4 is 0 Å². The zero-order chi connectivity index (χ0) is 9.26. The Bertz CT molecular complexity index is 286. The minimum Gasteiger partial charge on any atom is -0.325 e. The summed E-state index contributed by atoms with van der Waals surface area (Å²) < 4.78 is 1.80. The fourth-order valence-corrected chi connectivity index (χ4v) is 2.15. The second kappa shape index (κ2) is 3.46. The molecule has 1 heterocycles. The Hall–Kier alpha value is -0.900. The van der Waals surface area contributed by atoms with Crippen LogP contribution in [0.25, 0.3) is 0 Å². The van der Waals surface area contributed by atoms with Gasteiger partial charge in [0.05, 0.1) is 11.4 Å². The summed E-state index contributed by atoms with van der Waals surface area (Å²) in [5.41, 5.74) is 7.91. The van der Waals surface area contributed by atoms with E-state index in [1.54, 1.807) is 4.68 Å². The zero-order valence-electron chi connectivity index (χ0n) is 8.03. The number of rotatable bonds is 2. The van der Waals surface area contributed by atoms with Crippen LogP contribution in [0.3, 0.4) is 0 Å². The monoisotopic (exact) mass is 180 g/mol. The Balaban J connectivity index is 2.27. The molecule has 1 saturated carbocycles. The lowest BCUT2D eigenvalue weighted by Crippen LogP contribution is -2.08. The summed E-state index contributed by atoms with van der Waals surface area (Å²) in [5.74, 6) is 0.618. The van der Waals surface area contributed by atoms with Crippen LogP contribution in [0.2, 0.25) is 0 Å². The van der Waals surface area contributed by atoms with Crippen LogP contribution in [-0.4, -0.2) is 15.0 Å². The quantitative estimate of drug-likeness (QED) is 0.736. The lowest BCUT2D eigenvalue weighted by Gasteiger charge is -2.06. The summed E-state index contributed by atoms with van der Waals surface area (Å²) in [7, 11) is 1.91. The van der Waals surface area contributed by atoms with Crippen LogP contribution in [0.5, 0.6) is 0 Å². The standard InChI is InChI=1S/C9H16N4/c1-13-8(6-10)9(11-12-13)7-4-2-3-5-7/h7H,2-6,10H2,1H3. The molecule has 1 aliphatic rings. The molecule has 2 rings (SSSR count). The van der Waals surface area contributed by atoms with Gasteiger partial charge in [-0.3, -0.25) is 4.68 Å². The molecule has 4 heteroatoms. The smallest absolute Gasteiger partial charge is 0.0903 e. The van der Waals surface area contributed by atoms with Crippen molar-refractivity contribution in [2.75, 3.05) is 0 Å². The van der Waals surface area contributed by atoms with Gasteiger partial charge in [0, 0.05) is 19.5 Å². The molecule has 0 aromatic carbocycles. The Morgan fingerprint density at radius 2 is 2.15 bits per heavy atom. The van der Waals surface area contributed by atoms with Gasteiger partial charge in [-0.15, -0.1) is 5.10 Å². The molecule has 0 spiro atoms. The molecule has 1 fully saturated rings. The number of hydrogen-bond donors (Lipinski definition) is 1. The van der Waals surface area contributed by atoms with E-state index in [-0.39, 0.29) is 0 Å². The highest BCUT2D eigenvalue weighted by atomic mass is 15.4. The first kappa shape index (κ1) is 8.69. The molecule has 1 aromatic heterocycles. The summed E-state index contributed by atoms with van der Waals surface area (Å²) in [5, 5.41) is 8.22. The zero-order valence-corrected chi connectivity index (χ0v) is 8.03. The normalized spacial score (nSPS) is 18.3. The van der Waals surface area contributed by atoms with Gasteiger partial charge < -0.3 is 5.73 Å². The van der Waals surface area contributed by atoms with E-state index in [0.29, 0.717) is 12.5 Å². The topological polar surface area (TPSA) is 56.7 Å². The van der Waals surface area contributed by atoms with Crippen molar-refractivity contribution in [2.45, 2.75) is 38.1 Å². The first-order chi connectivity index (χ1) is 6.33. The van der Waals surface area contributed by atoms with Crippen LogP contribution in [0.4, 0.5) is 0 Å². The number of aromatic nitrogens is 3. The maximum atomic E-state index is 5.66. The fraction of sp³-hybridized carbons (Fsp3) is 0.778. The lowest BCUT2D eigenvalue weighted by molar-refractivity contribution is 0.677. The third-order valence-corrected chi connectivity index (χ3v) is 2.91. The molecule has 13 heavy (non-hydrogen) atoms. The number of hydrogen-bond acceptors (Lipinski definition) is 3. The largest absolute Gasteiger partial charge is 0.325 e. The second-order valence-electron chi connectivity index (χ2n) is 3.73. The van der Waals surface area contributed by atoms with Crippen molar-refractivity contribution in [1.29, 1.82) is 0 Å². The van der Waals surface area contributed by atoms with Gasteiger partial charge in [-0.25, -0.2) is 0 Å². The molecule has 72 valence electrons. The lowest BCUT2D eigenvalue weighted by atomic mass is 10.0. The molecule has 0 saturated heterocycles. The van der Waals surface area contributed by atoms with Gasteiger partial charge >= 0.3 is 0 Å². The Kier molecular flexibility index (Phi) is 2.31. The highest BCUT2D eigenvalue weighted by molar-refractivity contribution is 5.16. The highest BCUT2D eigenvalue weighted by Gasteiger charge is 2.23. The second-order valence-corrected chi connectivity index (χ2v) is 3.73. The number of aryl methyl sites for hydroxylation is 1. The maximum absolute atomic E-state index is 5.66. The Labute approximate surface area is 78.1 Å². The SMILES string of the molecule is Cn1nnc(C2CCCC2)c1CN. The van der Waals surface area contributed by atoms with E-state index < -0.39 is 0 Å². The average molecular weight is 180 g/mol. The van der Waals surface area contributed by atoms with Gasteiger partial charge in [-0.1, -0.05) is 18.1 Å². The van der Waals surface area contributed by atoms with Gasteiger partial charge in [0.25, 0.3) is 0 Å². The first-order valence-electron chi connectivity index (χ1n) is 4.91. The minimum atomic E-state index is 0.551. The predicted octanol–water partition coefficient (Wildman–Crippen LogP) is 0.931. The molecule has 0 amide bonds. The third kappa shape index (κ3) is 1.46. The van der Waals surface area contributed by atoms with Gasteiger partial charge in [-0.05, 0) is 12.8 Å². The van der Waals surface area contributed by atoms with Crippen LogP contribution in [0.1, 0.15) is 43.0 Å². The molecule has 1 aromatic rings.